The summed E-state index contributed by atoms with van der Waals surface area (Å²) in [6.45, 7) is 1.82. The molecule has 0 aliphatic carbocycles. The number of benzene rings is 2. The lowest BCUT2D eigenvalue weighted by molar-refractivity contribution is -0.385. The van der Waals surface area contributed by atoms with Gasteiger partial charge in [0.15, 0.2) is 0 Å². The molecule has 2 aromatic carbocycles. The first-order chi connectivity index (χ1) is 15.7. The Morgan fingerprint density at radius 3 is 2.58 bits per heavy atom. The third-order valence-electron chi connectivity index (χ3n) is 5.82. The van der Waals surface area contributed by atoms with Crippen LogP contribution in [0.2, 0.25) is 0 Å². The highest BCUT2D eigenvalue weighted by Gasteiger charge is 2.23. The molecule has 9 nitrogen and oxygen atoms in total. The first-order valence-corrected chi connectivity index (χ1v) is 13.0. The van der Waals surface area contributed by atoms with Crippen LogP contribution in [0.5, 0.6) is 0 Å². The minimum atomic E-state index is -3.79. The van der Waals surface area contributed by atoms with E-state index in [0.717, 1.165) is 55.0 Å². The van der Waals surface area contributed by atoms with Crippen molar-refractivity contribution in [3.63, 3.8) is 0 Å². The highest BCUT2D eigenvalue weighted by atomic mass is 79.9. The van der Waals surface area contributed by atoms with Crippen molar-refractivity contribution >= 4 is 43.3 Å². The molecule has 2 aromatic rings. The van der Waals surface area contributed by atoms with Crippen molar-refractivity contribution < 1.29 is 23.2 Å². The fraction of sp³-hybridized carbons (Fsp3) is 0.409. The Bertz CT molecular complexity index is 1120. The van der Waals surface area contributed by atoms with Gasteiger partial charge in [-0.2, -0.15) is 0 Å². The number of rotatable bonds is 10. The number of non-ortho nitro benzene ring substituents is 1. The number of carboxylic acids is 1. The monoisotopic (exact) mass is 539 g/mol. The maximum atomic E-state index is 12.4. The van der Waals surface area contributed by atoms with Crippen LogP contribution in [-0.2, 0) is 10.0 Å². The Morgan fingerprint density at radius 2 is 1.91 bits per heavy atom. The van der Waals surface area contributed by atoms with Gasteiger partial charge in [-0.3, -0.25) is 10.1 Å². The molecule has 1 heterocycles. The maximum Gasteiger partial charge on any atom is 0.337 e. The second kappa shape index (κ2) is 11.1. The molecule has 3 rings (SSSR count). The van der Waals surface area contributed by atoms with Gasteiger partial charge in [-0.25, -0.2) is 17.9 Å². The smallest absolute Gasteiger partial charge is 0.337 e. The highest BCUT2D eigenvalue weighted by molar-refractivity contribution is 9.10. The van der Waals surface area contributed by atoms with Gasteiger partial charge in [-0.1, -0.05) is 34.8 Å². The molecule has 1 aliphatic heterocycles. The number of nitro benzene ring substituents is 1. The van der Waals surface area contributed by atoms with E-state index in [-0.39, 0.29) is 17.1 Å². The number of nitrogens with zero attached hydrogens (tertiary/aromatic N) is 2. The molecule has 1 fully saturated rings. The number of aromatic carboxylic acids is 1. The van der Waals surface area contributed by atoms with Crippen LogP contribution in [0.4, 0.5) is 11.4 Å². The summed E-state index contributed by atoms with van der Waals surface area (Å²) in [6.07, 6.45) is 4.40. The molecule has 0 atom stereocenters. The summed E-state index contributed by atoms with van der Waals surface area (Å²) in [6, 6.07) is 10.2. The van der Waals surface area contributed by atoms with Gasteiger partial charge in [0, 0.05) is 36.2 Å². The van der Waals surface area contributed by atoms with Crippen LogP contribution in [0.3, 0.4) is 0 Å². The van der Waals surface area contributed by atoms with Gasteiger partial charge < -0.3 is 10.0 Å². The van der Waals surface area contributed by atoms with Crippen molar-refractivity contribution in [1.82, 2.24) is 4.72 Å². The van der Waals surface area contributed by atoms with E-state index in [4.69, 9.17) is 0 Å². The molecule has 0 aromatic heterocycles. The summed E-state index contributed by atoms with van der Waals surface area (Å²) < 4.78 is 28.1. The molecule has 0 unspecified atom stereocenters. The summed E-state index contributed by atoms with van der Waals surface area (Å²) in [7, 11) is -3.79. The Kier molecular flexibility index (Phi) is 8.44. The number of carbonyl (C=O) groups is 1. The topological polar surface area (TPSA) is 130 Å². The van der Waals surface area contributed by atoms with E-state index in [9.17, 15) is 28.4 Å². The Labute approximate surface area is 201 Å². The van der Waals surface area contributed by atoms with Gasteiger partial charge in [-0.15, -0.1) is 0 Å². The van der Waals surface area contributed by atoms with Gasteiger partial charge in [-0.05, 0) is 49.4 Å². The molecule has 0 bridgehead atoms. The van der Waals surface area contributed by atoms with E-state index in [1.165, 1.54) is 18.2 Å². The number of nitrogens with one attached hydrogen (secondary N) is 1. The molecule has 33 heavy (non-hydrogen) atoms. The average molecular weight is 540 g/mol. The van der Waals surface area contributed by atoms with E-state index < -0.39 is 20.9 Å². The number of unbranched alkanes of at least 4 members (excludes halogenated alkanes) is 1. The SMILES string of the molecule is O=C(O)c1ccc(Br)cc1N1CCC(CCCCNS(=O)(=O)c2cccc([N+](=O)[O-])c2)CC1. The largest absolute Gasteiger partial charge is 0.478 e. The number of piperidine rings is 1. The number of anilines is 1. The van der Waals surface area contributed by atoms with E-state index in [1.54, 1.807) is 12.1 Å². The van der Waals surface area contributed by atoms with Crippen LogP contribution < -0.4 is 9.62 Å². The predicted molar refractivity (Wildman–Crippen MR) is 128 cm³/mol. The summed E-state index contributed by atoms with van der Waals surface area (Å²) in [5, 5.41) is 20.3. The number of halogens is 1. The minimum absolute atomic E-state index is 0.114. The van der Waals surface area contributed by atoms with Crippen LogP contribution in [-0.4, -0.2) is 44.1 Å². The maximum absolute atomic E-state index is 12.4. The fourth-order valence-electron chi connectivity index (χ4n) is 4.02. The first-order valence-electron chi connectivity index (χ1n) is 10.7. The van der Waals surface area contributed by atoms with Crippen molar-refractivity contribution in [3.8, 4) is 0 Å². The van der Waals surface area contributed by atoms with Crippen molar-refractivity contribution in [3.05, 3.63) is 62.6 Å². The van der Waals surface area contributed by atoms with E-state index in [0.29, 0.717) is 17.9 Å². The van der Waals surface area contributed by atoms with Crippen LogP contribution in [0.25, 0.3) is 0 Å². The molecule has 1 aliphatic rings. The van der Waals surface area contributed by atoms with Crippen molar-refractivity contribution in [2.75, 3.05) is 24.5 Å². The van der Waals surface area contributed by atoms with Crippen molar-refractivity contribution in [2.24, 2.45) is 5.92 Å². The third-order valence-corrected chi connectivity index (χ3v) is 7.77. The molecular formula is C22H26BrN3O6S. The predicted octanol–water partition coefficient (Wildman–Crippen LogP) is 4.42. The highest BCUT2D eigenvalue weighted by Crippen LogP contribution is 2.31. The van der Waals surface area contributed by atoms with Crippen LogP contribution in [0, 0.1) is 16.0 Å². The van der Waals surface area contributed by atoms with E-state index in [1.807, 2.05) is 6.07 Å². The zero-order valence-corrected chi connectivity index (χ0v) is 20.3. The number of hydrogen-bond acceptors (Lipinski definition) is 6. The molecule has 2 N–H and O–H groups in total. The van der Waals surface area contributed by atoms with E-state index >= 15 is 0 Å². The third kappa shape index (κ3) is 6.75. The standard InChI is InChI=1S/C22H26BrN3O6S/c23-17-7-8-20(22(27)28)21(14-17)25-12-9-16(10-13-25)4-1-2-11-24-33(31,32)19-6-3-5-18(15-19)26(29)30/h3,5-8,14-16,24H,1-2,4,9-13H2,(H,27,28). The lowest BCUT2D eigenvalue weighted by atomic mass is 9.91. The van der Waals surface area contributed by atoms with Gasteiger partial charge in [0.2, 0.25) is 10.0 Å². The number of nitro groups is 1. The minimum Gasteiger partial charge on any atom is -0.478 e. The Balaban J connectivity index is 1.43. The molecule has 0 radical (unpaired) electrons. The summed E-state index contributed by atoms with van der Waals surface area (Å²) in [5.41, 5.74) is 0.765. The average Bonchev–Trinajstić information content (AvgIpc) is 2.79. The Morgan fingerprint density at radius 1 is 1.18 bits per heavy atom. The molecular weight excluding hydrogens is 514 g/mol. The summed E-state index contributed by atoms with van der Waals surface area (Å²) in [5.74, 6) is -0.428. The van der Waals surface area contributed by atoms with Crippen LogP contribution >= 0.6 is 15.9 Å². The number of carboxylic acid groups (broad SMARTS) is 1. The van der Waals surface area contributed by atoms with Crippen LogP contribution in [0.15, 0.2) is 51.8 Å². The molecule has 1 saturated heterocycles. The normalized spacial score (nSPS) is 14.9. The summed E-state index contributed by atoms with van der Waals surface area (Å²) >= 11 is 3.41. The van der Waals surface area contributed by atoms with Gasteiger partial charge in [0.25, 0.3) is 5.69 Å². The second-order valence-electron chi connectivity index (χ2n) is 8.05. The Hall–Kier alpha value is -2.50. The lowest BCUT2D eigenvalue weighted by Gasteiger charge is -2.34. The molecule has 0 saturated carbocycles. The number of hydrogen-bond donors (Lipinski definition) is 2. The molecule has 178 valence electrons. The molecule has 0 spiro atoms. The lowest BCUT2D eigenvalue weighted by Crippen LogP contribution is -2.34. The zero-order valence-electron chi connectivity index (χ0n) is 17.9. The quantitative estimate of drug-likeness (QED) is 0.259. The number of sulfonamides is 1. The zero-order chi connectivity index (χ0) is 24.0. The van der Waals surface area contributed by atoms with Crippen LogP contribution in [0.1, 0.15) is 42.5 Å². The summed E-state index contributed by atoms with van der Waals surface area (Å²) in [4.78, 5) is 23.8. The van der Waals surface area contributed by atoms with E-state index in [2.05, 4.69) is 25.6 Å². The van der Waals surface area contributed by atoms with Gasteiger partial charge in [0.1, 0.15) is 0 Å². The van der Waals surface area contributed by atoms with Gasteiger partial charge in [0.05, 0.1) is 21.1 Å². The fourth-order valence-corrected chi connectivity index (χ4v) is 5.48. The molecule has 0 amide bonds. The molecule has 11 heteroatoms. The second-order valence-corrected chi connectivity index (χ2v) is 10.7. The van der Waals surface area contributed by atoms with Gasteiger partial charge >= 0.3 is 5.97 Å². The first kappa shape index (κ1) is 25.1. The van der Waals surface area contributed by atoms with Crippen molar-refractivity contribution in [1.29, 1.82) is 0 Å². The van der Waals surface area contributed by atoms with Crippen molar-refractivity contribution in [2.45, 2.75) is 37.0 Å².